The Labute approximate surface area is 115 Å². The first-order valence-electron chi connectivity index (χ1n) is 6.61. The molecule has 1 aromatic carbocycles. The molecule has 2 rings (SSSR count). The highest BCUT2D eigenvalue weighted by Crippen LogP contribution is 2.10. The standard InChI is InChI=1S/C9H11Cl.C6H11NO/c1-2-3-8-4-6-9(10)7-5-8;1-5(8)6-3-2-4-7-6/h4-7H,2-3H2,1H3;6-7H,2-4H2,1H3. The van der Waals surface area contributed by atoms with Crippen LogP contribution in [0.15, 0.2) is 24.3 Å². The Balaban J connectivity index is 0.000000184. The minimum absolute atomic E-state index is 0.176. The molecule has 1 atom stereocenters. The molecule has 1 N–H and O–H groups in total. The fourth-order valence-electron chi connectivity index (χ4n) is 1.97. The normalized spacial score (nSPS) is 18.1. The maximum Gasteiger partial charge on any atom is 0.146 e. The molecule has 0 saturated carbocycles. The van der Waals surface area contributed by atoms with Crippen LogP contribution in [-0.2, 0) is 11.2 Å². The van der Waals surface area contributed by atoms with Gasteiger partial charge < -0.3 is 5.32 Å². The molecule has 3 heteroatoms. The van der Waals surface area contributed by atoms with Gasteiger partial charge in [-0.3, -0.25) is 4.79 Å². The van der Waals surface area contributed by atoms with Crippen molar-refractivity contribution < 1.29 is 4.79 Å². The summed E-state index contributed by atoms with van der Waals surface area (Å²) in [6.45, 7) is 4.84. The fourth-order valence-corrected chi connectivity index (χ4v) is 2.10. The van der Waals surface area contributed by atoms with Crippen LogP contribution >= 0.6 is 11.6 Å². The van der Waals surface area contributed by atoms with Crippen molar-refractivity contribution in [2.24, 2.45) is 0 Å². The zero-order valence-electron chi connectivity index (χ0n) is 11.2. The van der Waals surface area contributed by atoms with E-state index in [-0.39, 0.29) is 11.8 Å². The third-order valence-electron chi connectivity index (χ3n) is 3.00. The van der Waals surface area contributed by atoms with Crippen LogP contribution in [0, 0.1) is 0 Å². The fraction of sp³-hybridized carbons (Fsp3) is 0.533. The summed E-state index contributed by atoms with van der Waals surface area (Å²) in [5, 5.41) is 3.93. The molecule has 0 spiro atoms. The van der Waals surface area contributed by atoms with Crippen molar-refractivity contribution in [3.63, 3.8) is 0 Å². The van der Waals surface area contributed by atoms with E-state index in [0.717, 1.165) is 30.8 Å². The van der Waals surface area contributed by atoms with E-state index in [4.69, 9.17) is 11.6 Å². The van der Waals surface area contributed by atoms with E-state index in [9.17, 15) is 4.79 Å². The number of hydrogen-bond acceptors (Lipinski definition) is 2. The third kappa shape index (κ3) is 5.65. The van der Waals surface area contributed by atoms with Gasteiger partial charge in [0.1, 0.15) is 5.78 Å². The molecule has 2 nitrogen and oxygen atoms in total. The zero-order valence-corrected chi connectivity index (χ0v) is 12.0. The Kier molecular flexibility index (Phi) is 6.99. The summed E-state index contributed by atoms with van der Waals surface area (Å²) in [6.07, 6.45) is 4.54. The van der Waals surface area contributed by atoms with E-state index in [0.29, 0.717) is 0 Å². The van der Waals surface area contributed by atoms with Crippen LogP contribution in [-0.4, -0.2) is 18.4 Å². The first-order chi connectivity index (χ1) is 8.63. The predicted molar refractivity (Wildman–Crippen MR) is 77.2 cm³/mol. The monoisotopic (exact) mass is 267 g/mol. The van der Waals surface area contributed by atoms with E-state index in [2.05, 4.69) is 24.4 Å². The number of halogens is 1. The second-order valence-electron chi connectivity index (χ2n) is 4.64. The number of aryl methyl sites for hydroxylation is 1. The molecule has 0 aliphatic carbocycles. The summed E-state index contributed by atoms with van der Waals surface area (Å²) in [6, 6.07) is 8.20. The van der Waals surface area contributed by atoms with Gasteiger partial charge in [0, 0.05) is 5.02 Å². The Morgan fingerprint density at radius 3 is 2.44 bits per heavy atom. The quantitative estimate of drug-likeness (QED) is 0.906. The lowest BCUT2D eigenvalue weighted by atomic mass is 10.1. The molecule has 1 aliphatic heterocycles. The number of carbonyl (C=O) groups is 1. The summed E-state index contributed by atoms with van der Waals surface area (Å²) >= 11 is 5.71. The maximum atomic E-state index is 10.6. The molecule has 0 bridgehead atoms. The van der Waals surface area contributed by atoms with Crippen LogP contribution in [0.4, 0.5) is 0 Å². The van der Waals surface area contributed by atoms with Crippen molar-refractivity contribution in [3.05, 3.63) is 34.9 Å². The number of carbonyl (C=O) groups excluding carboxylic acids is 1. The Morgan fingerprint density at radius 2 is 2.06 bits per heavy atom. The molecule has 0 aromatic heterocycles. The van der Waals surface area contributed by atoms with Crippen molar-refractivity contribution in [1.82, 2.24) is 5.32 Å². The number of nitrogens with one attached hydrogen (secondary N) is 1. The van der Waals surface area contributed by atoms with Crippen molar-refractivity contribution in [3.8, 4) is 0 Å². The highest BCUT2D eigenvalue weighted by Gasteiger charge is 2.17. The van der Waals surface area contributed by atoms with E-state index in [1.54, 1.807) is 6.92 Å². The highest BCUT2D eigenvalue weighted by molar-refractivity contribution is 6.30. The number of ketones is 1. The molecule has 1 saturated heterocycles. The molecule has 100 valence electrons. The predicted octanol–water partition coefficient (Wildman–Crippen LogP) is 3.62. The van der Waals surface area contributed by atoms with Gasteiger partial charge in [0.25, 0.3) is 0 Å². The lowest BCUT2D eigenvalue weighted by Gasteiger charge is -2.01. The number of rotatable bonds is 3. The van der Waals surface area contributed by atoms with Gasteiger partial charge >= 0.3 is 0 Å². The smallest absolute Gasteiger partial charge is 0.146 e. The van der Waals surface area contributed by atoms with Gasteiger partial charge in [-0.05, 0) is 50.4 Å². The van der Waals surface area contributed by atoms with E-state index < -0.39 is 0 Å². The topological polar surface area (TPSA) is 29.1 Å². The van der Waals surface area contributed by atoms with Crippen LogP contribution in [0.5, 0.6) is 0 Å². The highest BCUT2D eigenvalue weighted by atomic mass is 35.5. The van der Waals surface area contributed by atoms with Crippen molar-refractivity contribution in [2.45, 2.75) is 45.6 Å². The van der Waals surface area contributed by atoms with Crippen LogP contribution in [0.2, 0.25) is 5.02 Å². The summed E-state index contributed by atoms with van der Waals surface area (Å²) in [5.74, 6) is 0.280. The second kappa shape index (κ2) is 8.28. The number of Topliss-reactive ketones (excluding diaryl/α,β-unsaturated/α-hetero) is 1. The average molecular weight is 268 g/mol. The molecule has 1 aliphatic rings. The summed E-state index contributed by atoms with van der Waals surface area (Å²) < 4.78 is 0. The zero-order chi connectivity index (χ0) is 13.4. The molecular weight excluding hydrogens is 246 g/mol. The van der Waals surface area contributed by atoms with Gasteiger partial charge in [-0.25, -0.2) is 0 Å². The molecule has 1 aromatic rings. The first kappa shape index (κ1) is 15.2. The molecule has 18 heavy (non-hydrogen) atoms. The van der Waals surface area contributed by atoms with Gasteiger partial charge in [0.05, 0.1) is 6.04 Å². The second-order valence-corrected chi connectivity index (χ2v) is 5.07. The lowest BCUT2D eigenvalue weighted by molar-refractivity contribution is -0.118. The lowest BCUT2D eigenvalue weighted by Crippen LogP contribution is -2.28. The molecule has 1 heterocycles. The van der Waals surface area contributed by atoms with Crippen molar-refractivity contribution >= 4 is 17.4 Å². The van der Waals surface area contributed by atoms with Gasteiger partial charge in [-0.2, -0.15) is 0 Å². The van der Waals surface area contributed by atoms with Crippen molar-refractivity contribution in [1.29, 1.82) is 0 Å². The summed E-state index contributed by atoms with van der Waals surface area (Å²) in [7, 11) is 0. The number of hydrogen-bond donors (Lipinski definition) is 1. The molecule has 1 fully saturated rings. The minimum atomic E-state index is 0.176. The van der Waals surface area contributed by atoms with Crippen LogP contribution < -0.4 is 5.32 Å². The van der Waals surface area contributed by atoms with E-state index in [1.165, 1.54) is 12.0 Å². The Morgan fingerprint density at radius 1 is 1.39 bits per heavy atom. The molecule has 0 amide bonds. The Bertz CT molecular complexity index is 355. The molecule has 1 unspecified atom stereocenters. The van der Waals surface area contributed by atoms with Crippen LogP contribution in [0.1, 0.15) is 38.7 Å². The van der Waals surface area contributed by atoms with Gasteiger partial charge in [-0.15, -0.1) is 0 Å². The molecular formula is C15H22ClNO. The molecule has 0 radical (unpaired) electrons. The summed E-state index contributed by atoms with van der Waals surface area (Å²) in [4.78, 5) is 10.6. The first-order valence-corrected chi connectivity index (χ1v) is 6.99. The van der Waals surface area contributed by atoms with Gasteiger partial charge in [0.15, 0.2) is 0 Å². The third-order valence-corrected chi connectivity index (χ3v) is 3.25. The van der Waals surface area contributed by atoms with Crippen LogP contribution in [0.3, 0.4) is 0 Å². The van der Waals surface area contributed by atoms with E-state index >= 15 is 0 Å². The van der Waals surface area contributed by atoms with Gasteiger partial charge in [-0.1, -0.05) is 37.1 Å². The Hall–Kier alpha value is -0.860. The summed E-state index contributed by atoms with van der Waals surface area (Å²) in [5.41, 5.74) is 1.37. The SMILES string of the molecule is CC(=O)C1CCCN1.CCCc1ccc(Cl)cc1. The van der Waals surface area contributed by atoms with Crippen LogP contribution in [0.25, 0.3) is 0 Å². The average Bonchev–Trinajstić information content (AvgIpc) is 2.87. The number of benzene rings is 1. The van der Waals surface area contributed by atoms with E-state index in [1.807, 2.05) is 12.1 Å². The largest absolute Gasteiger partial charge is 0.307 e. The van der Waals surface area contributed by atoms with Crippen molar-refractivity contribution in [2.75, 3.05) is 6.54 Å². The van der Waals surface area contributed by atoms with Gasteiger partial charge in [0.2, 0.25) is 0 Å². The maximum absolute atomic E-state index is 10.6. The minimum Gasteiger partial charge on any atom is -0.307 e.